The van der Waals surface area contributed by atoms with Gasteiger partial charge in [-0.1, -0.05) is 0 Å². The second kappa shape index (κ2) is 13.2. The Morgan fingerprint density at radius 3 is 1.17 bits per heavy atom. The van der Waals surface area contributed by atoms with Crippen molar-refractivity contribution in [2.75, 3.05) is 0 Å². The summed E-state index contributed by atoms with van der Waals surface area (Å²) >= 11 is 0. The van der Waals surface area contributed by atoms with E-state index in [9.17, 15) is 110 Å². The fraction of sp³-hybridized carbons (Fsp3) is 0.444. The van der Waals surface area contributed by atoms with E-state index in [1.54, 1.807) is 0 Å². The molecule has 47 heavy (non-hydrogen) atoms. The monoisotopic (exact) mass is 772 g/mol. The maximum atomic E-state index is 13.8. The van der Waals surface area contributed by atoms with Gasteiger partial charge in [-0.2, -0.15) is 96.6 Å². The largest absolute Gasteiger partial charge is 1.00 e. The quantitative estimate of drug-likeness (QED) is 0.129. The standard InChI is InChI=1S/C18H4F22O5S.Na/c19-7(11(23,24)13(27,28)15(31,32)17(35,36)37)9(21)44-4-1-2-5(6(3-4)46(41,42)43)45-10(22)8(20)12(25,26)14(29,30)16(33,34)18(38,39)40;/h1-3H,(H,41,42,43);/q;+1/p-1. The van der Waals surface area contributed by atoms with Gasteiger partial charge in [-0.3, -0.25) is 0 Å². The smallest absolute Gasteiger partial charge is 0.744 e. The van der Waals surface area contributed by atoms with E-state index in [4.69, 9.17) is 0 Å². The average Bonchev–Trinajstić information content (AvgIpc) is 2.85. The molecule has 1 rings (SSSR count). The summed E-state index contributed by atoms with van der Waals surface area (Å²) in [6.45, 7) is 0. The number of halogens is 22. The van der Waals surface area contributed by atoms with Crippen molar-refractivity contribution in [2.45, 2.75) is 52.8 Å². The number of rotatable bonds is 11. The maximum Gasteiger partial charge on any atom is 1.00 e. The molecule has 0 heterocycles. The van der Waals surface area contributed by atoms with Gasteiger partial charge < -0.3 is 14.0 Å². The first-order chi connectivity index (χ1) is 19.9. The Kier molecular flexibility index (Phi) is 12.5. The Morgan fingerprint density at radius 1 is 0.553 bits per heavy atom. The van der Waals surface area contributed by atoms with Crippen LogP contribution in [0.15, 0.2) is 46.8 Å². The fourth-order valence-corrected chi connectivity index (χ4v) is 3.01. The summed E-state index contributed by atoms with van der Waals surface area (Å²) in [6, 6.07) is -9.63. The van der Waals surface area contributed by atoms with Crippen LogP contribution in [-0.4, -0.2) is 60.9 Å². The summed E-state index contributed by atoms with van der Waals surface area (Å²) in [5, 5.41) is 0. The predicted molar refractivity (Wildman–Crippen MR) is 95.9 cm³/mol. The minimum Gasteiger partial charge on any atom is -0.744 e. The van der Waals surface area contributed by atoms with Gasteiger partial charge in [0.1, 0.15) is 26.5 Å². The summed E-state index contributed by atoms with van der Waals surface area (Å²) in [5.74, 6) is -59.9. The van der Waals surface area contributed by atoms with E-state index in [0.717, 1.165) is 0 Å². The van der Waals surface area contributed by atoms with Gasteiger partial charge in [0, 0.05) is 6.07 Å². The summed E-state index contributed by atoms with van der Waals surface area (Å²) in [7, 11) is -6.47. The molecule has 0 amide bonds. The number of allylic oxidation sites excluding steroid dienone is 2. The van der Waals surface area contributed by atoms with Gasteiger partial charge in [-0.15, -0.1) is 0 Å². The molecule has 0 aliphatic carbocycles. The van der Waals surface area contributed by atoms with Crippen molar-refractivity contribution in [1.82, 2.24) is 0 Å². The Hall–Kier alpha value is -2.33. The zero-order valence-electron chi connectivity index (χ0n) is 21.0. The van der Waals surface area contributed by atoms with Crippen LogP contribution in [0, 0.1) is 0 Å². The SMILES string of the molecule is O=S(=O)([O-])c1cc(OC(F)=C(F)C(F)(F)C(F)(F)C(F)(F)C(F)(F)F)ccc1OC(F)=C(F)C(F)(F)C(F)(F)C(F)(F)C(F)(F)F.[Na+]. The van der Waals surface area contributed by atoms with Crippen molar-refractivity contribution in [2.24, 2.45) is 0 Å². The van der Waals surface area contributed by atoms with Crippen LogP contribution in [0.1, 0.15) is 0 Å². The van der Waals surface area contributed by atoms with Crippen LogP contribution >= 0.6 is 0 Å². The van der Waals surface area contributed by atoms with E-state index in [0.29, 0.717) is 0 Å². The summed E-state index contributed by atoms with van der Waals surface area (Å²) in [5.41, 5.74) is 0. The molecular weight excluding hydrogens is 769 g/mol. The van der Waals surface area contributed by atoms with E-state index < -0.39 is 116 Å². The number of hydrogen-bond acceptors (Lipinski definition) is 5. The van der Waals surface area contributed by atoms with Gasteiger partial charge in [0.05, 0.1) is 0 Å². The van der Waals surface area contributed by atoms with E-state index >= 15 is 0 Å². The Balaban J connectivity index is 0.0000212. The molecular formula is C18H3F22NaO5S. The molecule has 1 aromatic carbocycles. The van der Waals surface area contributed by atoms with Gasteiger partial charge in [0.25, 0.3) is 0 Å². The minimum absolute atomic E-state index is 0. The molecule has 5 nitrogen and oxygen atoms in total. The summed E-state index contributed by atoms with van der Waals surface area (Å²) < 4.78 is 326. The maximum absolute atomic E-state index is 13.8. The molecule has 1 aromatic rings. The normalized spacial score (nSPS) is 15.8. The number of ether oxygens (including phenoxy) is 2. The van der Waals surface area contributed by atoms with Crippen LogP contribution < -0.4 is 39.0 Å². The first kappa shape index (κ1) is 44.7. The molecule has 0 aromatic heterocycles. The third kappa shape index (κ3) is 7.79. The third-order valence-electron chi connectivity index (χ3n) is 4.78. The minimum atomic E-state index is -7.88. The number of hydrogen-bond donors (Lipinski definition) is 0. The van der Waals surface area contributed by atoms with Crippen molar-refractivity contribution in [3.05, 3.63) is 41.9 Å². The van der Waals surface area contributed by atoms with E-state index in [2.05, 4.69) is 9.47 Å². The zero-order chi connectivity index (χ0) is 37.1. The zero-order valence-corrected chi connectivity index (χ0v) is 23.8. The van der Waals surface area contributed by atoms with Crippen molar-refractivity contribution in [3.63, 3.8) is 0 Å². The molecule has 0 aliphatic heterocycles. The van der Waals surface area contributed by atoms with Gasteiger partial charge in [-0.25, -0.2) is 8.42 Å². The Labute approximate surface area is 264 Å². The molecule has 0 saturated heterocycles. The number of alkyl halides is 18. The third-order valence-corrected chi connectivity index (χ3v) is 5.64. The first-order valence-electron chi connectivity index (χ1n) is 9.92. The second-order valence-corrected chi connectivity index (χ2v) is 9.23. The van der Waals surface area contributed by atoms with E-state index in [1.165, 1.54) is 0 Å². The number of benzene rings is 1. The van der Waals surface area contributed by atoms with Crippen molar-refractivity contribution in [3.8, 4) is 11.5 Å². The average molecular weight is 772 g/mol. The first-order valence-corrected chi connectivity index (χ1v) is 11.3. The van der Waals surface area contributed by atoms with Crippen LogP contribution in [0.2, 0.25) is 0 Å². The van der Waals surface area contributed by atoms with Crippen LogP contribution in [0.5, 0.6) is 11.5 Å². The second-order valence-electron chi connectivity index (χ2n) is 7.88. The van der Waals surface area contributed by atoms with Gasteiger partial charge in [0.15, 0.2) is 0 Å². The molecule has 0 N–H and O–H groups in total. The molecule has 0 fully saturated rings. The van der Waals surface area contributed by atoms with Gasteiger partial charge >= 0.3 is 89.5 Å². The predicted octanol–water partition coefficient (Wildman–Crippen LogP) is 5.50. The molecule has 0 saturated carbocycles. The fourth-order valence-electron chi connectivity index (χ4n) is 2.39. The Morgan fingerprint density at radius 2 is 0.872 bits per heavy atom. The van der Waals surface area contributed by atoms with E-state index in [-0.39, 0.29) is 29.6 Å². The topological polar surface area (TPSA) is 75.7 Å². The van der Waals surface area contributed by atoms with Crippen molar-refractivity contribution >= 4 is 10.1 Å². The molecule has 0 aliphatic rings. The molecule has 29 heteroatoms. The molecule has 0 unspecified atom stereocenters. The van der Waals surface area contributed by atoms with Crippen molar-refractivity contribution < 1.29 is 149 Å². The van der Waals surface area contributed by atoms with Crippen molar-refractivity contribution in [1.29, 1.82) is 0 Å². The van der Waals surface area contributed by atoms with Gasteiger partial charge in [-0.05, 0) is 12.1 Å². The van der Waals surface area contributed by atoms with Crippen LogP contribution in [0.4, 0.5) is 96.6 Å². The van der Waals surface area contributed by atoms with Crippen LogP contribution in [-0.2, 0) is 10.1 Å². The summed E-state index contributed by atoms with van der Waals surface area (Å²) in [4.78, 5) is -2.50. The molecule has 0 bridgehead atoms. The van der Waals surface area contributed by atoms with Gasteiger partial charge in [0.2, 0.25) is 11.7 Å². The molecule has 266 valence electrons. The Bertz CT molecular complexity index is 1490. The molecule has 0 radical (unpaired) electrons. The van der Waals surface area contributed by atoms with E-state index in [1.807, 2.05) is 0 Å². The van der Waals surface area contributed by atoms with Crippen LogP contribution in [0.3, 0.4) is 0 Å². The van der Waals surface area contributed by atoms with Crippen LogP contribution in [0.25, 0.3) is 0 Å². The molecule has 0 spiro atoms. The molecule has 0 atom stereocenters. The summed E-state index contributed by atoms with van der Waals surface area (Å²) in [6.07, 6.45) is -15.1.